The molecular formula is C13H26N2. The van der Waals surface area contributed by atoms with E-state index >= 15 is 0 Å². The molecule has 2 N–H and O–H groups in total. The van der Waals surface area contributed by atoms with Gasteiger partial charge in [-0.25, -0.2) is 0 Å². The van der Waals surface area contributed by atoms with Crippen molar-refractivity contribution < 1.29 is 0 Å². The van der Waals surface area contributed by atoms with Crippen molar-refractivity contribution >= 4 is 0 Å². The summed E-state index contributed by atoms with van der Waals surface area (Å²) in [5.41, 5.74) is 0. The Morgan fingerprint density at radius 3 is 2.80 bits per heavy atom. The number of nitrogens with one attached hydrogen (secondary N) is 2. The highest BCUT2D eigenvalue weighted by atomic mass is 15.0. The van der Waals surface area contributed by atoms with Crippen LogP contribution in [0.5, 0.6) is 0 Å². The maximum Gasteiger partial charge on any atom is 0.00817 e. The van der Waals surface area contributed by atoms with E-state index < -0.39 is 0 Å². The number of piperidine rings is 1. The van der Waals surface area contributed by atoms with Crippen molar-refractivity contribution in [1.82, 2.24) is 10.6 Å². The van der Waals surface area contributed by atoms with Gasteiger partial charge in [0.1, 0.15) is 0 Å². The Labute approximate surface area is 94.2 Å². The minimum Gasteiger partial charge on any atom is -0.314 e. The van der Waals surface area contributed by atoms with Crippen LogP contribution in [0.15, 0.2) is 0 Å². The highest BCUT2D eigenvalue weighted by Crippen LogP contribution is 2.31. The lowest BCUT2D eigenvalue weighted by atomic mass is 9.99. The maximum absolute atomic E-state index is 3.66. The zero-order chi connectivity index (χ0) is 10.5. The molecule has 2 nitrogen and oxygen atoms in total. The molecule has 0 aromatic rings. The number of hydrogen-bond donors (Lipinski definition) is 2. The van der Waals surface area contributed by atoms with Crippen LogP contribution in [0, 0.1) is 5.92 Å². The number of rotatable bonds is 6. The molecule has 0 aromatic carbocycles. The quantitative estimate of drug-likeness (QED) is 0.703. The Kier molecular flexibility index (Phi) is 4.45. The van der Waals surface area contributed by atoms with E-state index in [9.17, 15) is 0 Å². The third kappa shape index (κ3) is 4.52. The molecule has 0 aromatic heterocycles. The van der Waals surface area contributed by atoms with Gasteiger partial charge in [-0.1, -0.05) is 19.3 Å². The van der Waals surface area contributed by atoms with Gasteiger partial charge in [-0.15, -0.1) is 0 Å². The van der Waals surface area contributed by atoms with Crippen LogP contribution in [0.4, 0.5) is 0 Å². The van der Waals surface area contributed by atoms with Crippen LogP contribution in [0.3, 0.4) is 0 Å². The molecule has 2 fully saturated rings. The van der Waals surface area contributed by atoms with Crippen LogP contribution in [0.1, 0.15) is 51.9 Å². The van der Waals surface area contributed by atoms with Crippen molar-refractivity contribution in [3.8, 4) is 0 Å². The van der Waals surface area contributed by atoms with E-state index in [2.05, 4.69) is 17.6 Å². The van der Waals surface area contributed by atoms with Crippen LogP contribution in [-0.2, 0) is 0 Å². The minimum absolute atomic E-state index is 0.694. The SMILES string of the molecule is CC(CC1CCCCN1)NCCC1CC1. The topological polar surface area (TPSA) is 24.1 Å². The fourth-order valence-electron chi connectivity index (χ4n) is 2.58. The summed E-state index contributed by atoms with van der Waals surface area (Å²) in [6.45, 7) is 4.81. The Balaban J connectivity index is 1.51. The van der Waals surface area contributed by atoms with E-state index in [4.69, 9.17) is 0 Å². The zero-order valence-electron chi connectivity index (χ0n) is 10.1. The molecule has 2 unspecified atom stereocenters. The third-order valence-electron chi connectivity index (χ3n) is 3.79. The number of hydrogen-bond acceptors (Lipinski definition) is 2. The summed E-state index contributed by atoms with van der Waals surface area (Å²) in [5.74, 6) is 1.07. The van der Waals surface area contributed by atoms with Gasteiger partial charge in [0, 0.05) is 12.1 Å². The largest absolute Gasteiger partial charge is 0.314 e. The second-order valence-corrected chi connectivity index (χ2v) is 5.47. The van der Waals surface area contributed by atoms with E-state index in [1.54, 1.807) is 0 Å². The van der Waals surface area contributed by atoms with E-state index in [-0.39, 0.29) is 0 Å². The summed E-state index contributed by atoms with van der Waals surface area (Å²) >= 11 is 0. The van der Waals surface area contributed by atoms with Crippen molar-refractivity contribution in [1.29, 1.82) is 0 Å². The second-order valence-electron chi connectivity index (χ2n) is 5.47. The third-order valence-corrected chi connectivity index (χ3v) is 3.79. The van der Waals surface area contributed by atoms with Gasteiger partial charge in [-0.05, 0) is 51.6 Å². The lowest BCUT2D eigenvalue weighted by Crippen LogP contribution is -2.40. The van der Waals surface area contributed by atoms with Gasteiger partial charge < -0.3 is 10.6 Å². The molecule has 15 heavy (non-hydrogen) atoms. The summed E-state index contributed by atoms with van der Waals surface area (Å²) < 4.78 is 0. The molecule has 1 heterocycles. The van der Waals surface area contributed by atoms with Crippen LogP contribution in [-0.4, -0.2) is 25.2 Å². The summed E-state index contributed by atoms with van der Waals surface area (Å²) in [5, 5.41) is 7.28. The van der Waals surface area contributed by atoms with E-state index in [1.807, 2.05) is 0 Å². The average Bonchev–Trinajstić information content (AvgIpc) is 3.03. The molecule has 0 bridgehead atoms. The molecule has 0 amide bonds. The first-order valence-electron chi connectivity index (χ1n) is 6.81. The lowest BCUT2D eigenvalue weighted by Gasteiger charge is -2.26. The van der Waals surface area contributed by atoms with Crippen LogP contribution >= 0.6 is 0 Å². The standard InChI is InChI=1S/C13H26N2/c1-11(14-9-7-12-5-6-12)10-13-4-2-3-8-15-13/h11-15H,2-10H2,1H3. The molecule has 2 heteroatoms. The molecule has 1 aliphatic heterocycles. The first kappa shape index (κ1) is 11.4. The monoisotopic (exact) mass is 210 g/mol. The van der Waals surface area contributed by atoms with Crippen LogP contribution in [0.25, 0.3) is 0 Å². The Morgan fingerprint density at radius 2 is 2.13 bits per heavy atom. The van der Waals surface area contributed by atoms with Gasteiger partial charge in [0.25, 0.3) is 0 Å². The summed E-state index contributed by atoms with van der Waals surface area (Å²) in [7, 11) is 0. The highest BCUT2D eigenvalue weighted by molar-refractivity contribution is 4.78. The first-order valence-corrected chi connectivity index (χ1v) is 6.81. The minimum atomic E-state index is 0.694. The molecule has 2 rings (SSSR count). The smallest absolute Gasteiger partial charge is 0.00817 e. The molecular weight excluding hydrogens is 184 g/mol. The predicted octanol–water partition coefficient (Wildman–Crippen LogP) is 2.30. The lowest BCUT2D eigenvalue weighted by molar-refractivity contribution is 0.344. The summed E-state index contributed by atoms with van der Waals surface area (Å²) in [6, 6.07) is 1.47. The first-order chi connectivity index (χ1) is 7.34. The summed E-state index contributed by atoms with van der Waals surface area (Å²) in [4.78, 5) is 0. The molecule has 1 saturated carbocycles. The average molecular weight is 210 g/mol. The van der Waals surface area contributed by atoms with Gasteiger partial charge in [-0.2, -0.15) is 0 Å². The Hall–Kier alpha value is -0.0800. The van der Waals surface area contributed by atoms with E-state index in [0.717, 1.165) is 12.0 Å². The molecule has 2 aliphatic rings. The molecule has 0 radical (unpaired) electrons. The fourth-order valence-corrected chi connectivity index (χ4v) is 2.58. The normalized spacial score (nSPS) is 29.0. The molecule has 2 atom stereocenters. The van der Waals surface area contributed by atoms with Crippen LogP contribution in [0.2, 0.25) is 0 Å². The van der Waals surface area contributed by atoms with E-state index in [0.29, 0.717) is 6.04 Å². The zero-order valence-corrected chi connectivity index (χ0v) is 10.1. The van der Waals surface area contributed by atoms with Gasteiger partial charge in [0.05, 0.1) is 0 Å². The van der Waals surface area contributed by atoms with Gasteiger partial charge in [-0.3, -0.25) is 0 Å². The maximum atomic E-state index is 3.66. The van der Waals surface area contributed by atoms with Gasteiger partial charge in [0.2, 0.25) is 0 Å². The van der Waals surface area contributed by atoms with Crippen molar-refractivity contribution in [2.45, 2.75) is 64.0 Å². The second kappa shape index (κ2) is 5.86. The molecule has 0 spiro atoms. The molecule has 88 valence electrons. The van der Waals surface area contributed by atoms with Crippen molar-refractivity contribution in [3.05, 3.63) is 0 Å². The van der Waals surface area contributed by atoms with Crippen LogP contribution < -0.4 is 10.6 Å². The van der Waals surface area contributed by atoms with Crippen molar-refractivity contribution in [2.75, 3.05) is 13.1 Å². The van der Waals surface area contributed by atoms with Gasteiger partial charge in [0.15, 0.2) is 0 Å². The predicted molar refractivity (Wildman–Crippen MR) is 65.1 cm³/mol. The van der Waals surface area contributed by atoms with Crippen molar-refractivity contribution in [2.24, 2.45) is 5.92 Å². The van der Waals surface area contributed by atoms with E-state index in [1.165, 1.54) is 58.0 Å². The fraction of sp³-hybridized carbons (Fsp3) is 1.00. The summed E-state index contributed by atoms with van der Waals surface area (Å²) in [6.07, 6.45) is 9.87. The molecule has 1 aliphatic carbocycles. The van der Waals surface area contributed by atoms with Crippen molar-refractivity contribution in [3.63, 3.8) is 0 Å². The Bertz CT molecular complexity index is 171. The molecule has 1 saturated heterocycles. The Morgan fingerprint density at radius 1 is 1.27 bits per heavy atom. The highest BCUT2D eigenvalue weighted by Gasteiger charge is 2.21. The van der Waals surface area contributed by atoms with Gasteiger partial charge >= 0.3 is 0 Å².